The van der Waals surface area contributed by atoms with Gasteiger partial charge in [-0.25, -0.2) is 0 Å². The first-order chi connectivity index (χ1) is 17.9. The highest BCUT2D eigenvalue weighted by Crippen LogP contribution is 2.41. The van der Waals surface area contributed by atoms with E-state index in [4.69, 9.17) is 28.2 Å². The van der Waals surface area contributed by atoms with Crippen LogP contribution >= 0.6 is 23.8 Å². The summed E-state index contributed by atoms with van der Waals surface area (Å²) in [7, 11) is 0. The van der Waals surface area contributed by atoms with E-state index in [9.17, 15) is 4.79 Å². The lowest BCUT2D eigenvalue weighted by atomic mass is 10.0. The van der Waals surface area contributed by atoms with E-state index in [1.165, 1.54) is 0 Å². The van der Waals surface area contributed by atoms with Gasteiger partial charge in [0, 0.05) is 35.4 Å². The van der Waals surface area contributed by atoms with Gasteiger partial charge < -0.3 is 20.0 Å². The van der Waals surface area contributed by atoms with E-state index >= 15 is 0 Å². The van der Waals surface area contributed by atoms with E-state index in [1.807, 2.05) is 91.5 Å². The molecule has 1 amide bonds. The highest BCUT2D eigenvalue weighted by Gasteiger charge is 2.41. The van der Waals surface area contributed by atoms with Crippen molar-refractivity contribution >= 4 is 40.5 Å². The van der Waals surface area contributed by atoms with Crippen LogP contribution in [0.5, 0.6) is 0 Å². The molecule has 4 aromatic rings. The van der Waals surface area contributed by atoms with Crippen molar-refractivity contribution in [3.8, 4) is 11.3 Å². The molecule has 188 valence electrons. The molecule has 0 aliphatic carbocycles. The second kappa shape index (κ2) is 10.7. The standard InChI is InChI=1S/C29H27ClN4O2S/c1-18-9-11-20(12-10-18)32-26(35)15-17-34-28(27(33-29(34)37)23-8-3-4-16-31-23)25-14-13-24(36-25)21-6-5-7-22(30)19(21)2/h3-14,16,27-28H,15,17H2,1-2H3,(H,32,35)(H,33,37)/t27-,28+/m0/s1. The second-order valence-corrected chi connectivity index (χ2v) is 9.89. The number of hydrogen-bond acceptors (Lipinski definition) is 4. The number of aromatic nitrogens is 1. The number of nitrogens with one attached hydrogen (secondary N) is 2. The Hall–Kier alpha value is -3.68. The van der Waals surface area contributed by atoms with Gasteiger partial charge in [-0.3, -0.25) is 9.78 Å². The van der Waals surface area contributed by atoms with Crippen molar-refractivity contribution in [1.29, 1.82) is 0 Å². The molecule has 6 nitrogen and oxygen atoms in total. The van der Waals surface area contributed by atoms with Gasteiger partial charge in [0.2, 0.25) is 5.91 Å². The Bertz CT molecular complexity index is 1420. The molecule has 37 heavy (non-hydrogen) atoms. The molecule has 2 aromatic carbocycles. The maximum Gasteiger partial charge on any atom is 0.226 e. The Morgan fingerprint density at radius 2 is 1.89 bits per heavy atom. The molecule has 0 saturated carbocycles. The summed E-state index contributed by atoms with van der Waals surface area (Å²) in [6.45, 7) is 4.41. The fourth-order valence-corrected chi connectivity index (χ4v) is 5.07. The van der Waals surface area contributed by atoms with Crippen LogP contribution in [0.2, 0.25) is 5.02 Å². The van der Waals surface area contributed by atoms with Crippen molar-refractivity contribution < 1.29 is 9.21 Å². The number of aryl methyl sites for hydroxylation is 1. The van der Waals surface area contributed by atoms with Crippen LogP contribution in [-0.4, -0.2) is 27.4 Å². The minimum Gasteiger partial charge on any atom is -0.459 e. The second-order valence-electron chi connectivity index (χ2n) is 9.10. The van der Waals surface area contributed by atoms with Crippen molar-refractivity contribution in [3.63, 3.8) is 0 Å². The number of pyridine rings is 1. The number of nitrogens with zero attached hydrogens (tertiary/aromatic N) is 2. The van der Waals surface area contributed by atoms with Crippen LogP contribution in [0.3, 0.4) is 0 Å². The SMILES string of the molecule is Cc1ccc(NC(=O)CCN2C(=S)N[C@@H](c3ccccn3)[C@H]2c2ccc(-c3cccc(Cl)c3C)o2)cc1. The number of hydrogen-bond donors (Lipinski definition) is 2. The van der Waals surface area contributed by atoms with E-state index < -0.39 is 0 Å². The Morgan fingerprint density at radius 3 is 2.65 bits per heavy atom. The summed E-state index contributed by atoms with van der Waals surface area (Å²) >= 11 is 12.1. The molecule has 1 aliphatic rings. The third-order valence-electron chi connectivity index (χ3n) is 6.56. The highest BCUT2D eigenvalue weighted by molar-refractivity contribution is 7.80. The van der Waals surface area contributed by atoms with Gasteiger partial charge in [0.1, 0.15) is 17.6 Å². The summed E-state index contributed by atoms with van der Waals surface area (Å²) in [6.07, 6.45) is 2.03. The monoisotopic (exact) mass is 530 g/mol. The van der Waals surface area contributed by atoms with Crippen molar-refractivity contribution in [1.82, 2.24) is 15.2 Å². The van der Waals surface area contributed by atoms with Crippen LogP contribution in [0, 0.1) is 13.8 Å². The van der Waals surface area contributed by atoms with Gasteiger partial charge in [-0.2, -0.15) is 0 Å². The molecule has 1 fully saturated rings. The summed E-state index contributed by atoms with van der Waals surface area (Å²) in [4.78, 5) is 19.3. The fourth-order valence-electron chi connectivity index (χ4n) is 4.57. The Morgan fingerprint density at radius 1 is 1.08 bits per heavy atom. The zero-order chi connectivity index (χ0) is 25.9. The topological polar surface area (TPSA) is 70.4 Å². The summed E-state index contributed by atoms with van der Waals surface area (Å²) in [5.41, 5.74) is 4.65. The first-order valence-electron chi connectivity index (χ1n) is 12.1. The van der Waals surface area contributed by atoms with Crippen LogP contribution in [0.25, 0.3) is 11.3 Å². The van der Waals surface area contributed by atoms with Crippen molar-refractivity contribution in [3.05, 3.63) is 107 Å². The third kappa shape index (κ3) is 5.38. The molecule has 2 atom stereocenters. The molecule has 1 aliphatic heterocycles. The zero-order valence-corrected chi connectivity index (χ0v) is 22.1. The van der Waals surface area contributed by atoms with Crippen LogP contribution < -0.4 is 10.6 Å². The van der Waals surface area contributed by atoms with Gasteiger partial charge in [0.25, 0.3) is 0 Å². The lowest BCUT2D eigenvalue weighted by Crippen LogP contribution is -2.32. The number of furan rings is 1. The smallest absolute Gasteiger partial charge is 0.226 e. The fraction of sp³-hybridized carbons (Fsp3) is 0.207. The molecule has 0 radical (unpaired) electrons. The molecule has 3 heterocycles. The largest absolute Gasteiger partial charge is 0.459 e. The lowest BCUT2D eigenvalue weighted by molar-refractivity contribution is -0.116. The molecule has 0 spiro atoms. The van der Waals surface area contributed by atoms with Crippen LogP contribution in [0.15, 0.2) is 83.4 Å². The van der Waals surface area contributed by atoms with Gasteiger partial charge in [-0.15, -0.1) is 0 Å². The number of amides is 1. The molecular formula is C29H27ClN4O2S. The van der Waals surface area contributed by atoms with E-state index in [-0.39, 0.29) is 24.4 Å². The Labute approximate surface area is 226 Å². The number of rotatable bonds is 7. The summed E-state index contributed by atoms with van der Waals surface area (Å²) in [5.74, 6) is 1.38. The van der Waals surface area contributed by atoms with Gasteiger partial charge >= 0.3 is 0 Å². The number of carbonyl (C=O) groups is 1. The van der Waals surface area contributed by atoms with Gasteiger partial charge in [0.05, 0.1) is 11.7 Å². The zero-order valence-electron chi connectivity index (χ0n) is 20.6. The number of benzene rings is 2. The van der Waals surface area contributed by atoms with Crippen molar-refractivity contribution in [2.75, 3.05) is 11.9 Å². The minimum atomic E-state index is -0.275. The minimum absolute atomic E-state index is 0.0821. The van der Waals surface area contributed by atoms with E-state index in [0.717, 1.165) is 39.6 Å². The molecular weight excluding hydrogens is 504 g/mol. The summed E-state index contributed by atoms with van der Waals surface area (Å²) in [6, 6.07) is 22.7. The van der Waals surface area contributed by atoms with E-state index in [1.54, 1.807) is 6.20 Å². The quantitative estimate of drug-likeness (QED) is 0.262. The predicted molar refractivity (Wildman–Crippen MR) is 150 cm³/mol. The number of carbonyl (C=O) groups excluding carboxylic acids is 1. The predicted octanol–water partition coefficient (Wildman–Crippen LogP) is 6.61. The Balaban J connectivity index is 1.41. The normalized spacial score (nSPS) is 17.1. The molecule has 5 rings (SSSR count). The molecule has 2 N–H and O–H groups in total. The lowest BCUT2D eigenvalue weighted by Gasteiger charge is -2.25. The van der Waals surface area contributed by atoms with Crippen LogP contribution in [-0.2, 0) is 4.79 Å². The van der Waals surface area contributed by atoms with Gasteiger partial charge in [-0.1, -0.05) is 47.5 Å². The average molecular weight is 531 g/mol. The van der Waals surface area contributed by atoms with Gasteiger partial charge in [0.15, 0.2) is 5.11 Å². The molecule has 0 unspecified atom stereocenters. The first-order valence-corrected chi connectivity index (χ1v) is 12.9. The molecule has 0 bridgehead atoms. The maximum absolute atomic E-state index is 12.8. The van der Waals surface area contributed by atoms with Gasteiger partial charge in [-0.05, 0) is 74.1 Å². The number of thiocarbonyl (C=S) groups is 1. The average Bonchev–Trinajstić information content (AvgIpc) is 3.51. The van der Waals surface area contributed by atoms with Crippen molar-refractivity contribution in [2.45, 2.75) is 32.4 Å². The summed E-state index contributed by atoms with van der Waals surface area (Å²) in [5, 5.41) is 7.61. The van der Waals surface area contributed by atoms with Crippen molar-refractivity contribution in [2.24, 2.45) is 0 Å². The van der Waals surface area contributed by atoms with E-state index in [0.29, 0.717) is 16.7 Å². The molecule has 1 saturated heterocycles. The third-order valence-corrected chi connectivity index (χ3v) is 7.33. The van der Waals surface area contributed by atoms with Crippen LogP contribution in [0.1, 0.15) is 41.1 Å². The number of anilines is 1. The van der Waals surface area contributed by atoms with Crippen LogP contribution in [0.4, 0.5) is 5.69 Å². The first kappa shape index (κ1) is 25.0. The molecule has 8 heteroatoms. The highest BCUT2D eigenvalue weighted by atomic mass is 35.5. The maximum atomic E-state index is 12.8. The van der Waals surface area contributed by atoms with E-state index in [2.05, 4.69) is 15.6 Å². The summed E-state index contributed by atoms with van der Waals surface area (Å²) < 4.78 is 6.41. The number of halogens is 1. The Kier molecular flexibility index (Phi) is 7.26. The molecule has 2 aromatic heterocycles.